The normalized spacial score (nSPS) is 14.2. The minimum absolute atomic E-state index is 0.0716. The highest BCUT2D eigenvalue weighted by Gasteiger charge is 2.11. The van der Waals surface area contributed by atoms with Gasteiger partial charge in [0.25, 0.3) is 0 Å². The van der Waals surface area contributed by atoms with Crippen molar-refractivity contribution < 1.29 is 15.4 Å². The van der Waals surface area contributed by atoms with Crippen LogP contribution in [0.5, 0.6) is 5.75 Å². The van der Waals surface area contributed by atoms with Gasteiger partial charge in [0.1, 0.15) is 11.9 Å². The average Bonchev–Trinajstić information content (AvgIpc) is 2.15. The minimum atomic E-state index is -0.975. The molecule has 1 rings (SSSR count). The molecule has 1 aromatic carbocycles. The number of aliphatic hydroxyl groups is 1. The first-order valence-electron chi connectivity index (χ1n) is 3.80. The third kappa shape index (κ3) is 2.19. The summed E-state index contributed by atoms with van der Waals surface area (Å²) in [5.41, 5.74) is 0.681. The first-order valence-corrected chi connectivity index (χ1v) is 3.80. The molecule has 0 aliphatic carbocycles. The smallest absolute Gasteiger partial charge is 0.120 e. The average molecular weight is 181 g/mol. The van der Waals surface area contributed by atoms with Crippen LogP contribution in [0.25, 0.3) is 0 Å². The van der Waals surface area contributed by atoms with E-state index in [1.165, 1.54) is 19.1 Å². The minimum Gasteiger partial charge on any atom is -0.508 e. The topological polar surface area (TPSA) is 73.1 Å². The lowest BCUT2D eigenvalue weighted by Crippen LogP contribution is -2.07. The monoisotopic (exact) mass is 181 g/mol. The van der Waals surface area contributed by atoms with Gasteiger partial charge in [0.15, 0.2) is 0 Å². The predicted octanol–water partition coefficient (Wildman–Crippen LogP) is 1.28. The van der Waals surface area contributed by atoms with Gasteiger partial charge in [0.05, 0.1) is 5.71 Å². The van der Waals surface area contributed by atoms with Gasteiger partial charge in [0, 0.05) is 0 Å². The molecular weight excluding hydrogens is 170 g/mol. The Morgan fingerprint density at radius 3 is 2.69 bits per heavy atom. The number of rotatable bonds is 2. The van der Waals surface area contributed by atoms with E-state index in [2.05, 4.69) is 5.16 Å². The Morgan fingerprint density at radius 2 is 2.15 bits per heavy atom. The molecule has 0 spiro atoms. The molecule has 13 heavy (non-hydrogen) atoms. The van der Waals surface area contributed by atoms with Gasteiger partial charge in [-0.25, -0.2) is 0 Å². The molecule has 1 aromatic rings. The van der Waals surface area contributed by atoms with Crippen molar-refractivity contribution >= 4 is 5.71 Å². The summed E-state index contributed by atoms with van der Waals surface area (Å²) in [5, 5.41) is 29.9. The van der Waals surface area contributed by atoms with Crippen molar-refractivity contribution in [2.24, 2.45) is 5.16 Å². The Balaban J connectivity index is 2.95. The number of aliphatic hydroxyl groups excluding tert-OH is 1. The molecular formula is C9H11NO3. The van der Waals surface area contributed by atoms with E-state index in [-0.39, 0.29) is 11.5 Å². The molecule has 4 nitrogen and oxygen atoms in total. The summed E-state index contributed by atoms with van der Waals surface area (Å²) in [7, 11) is 0. The van der Waals surface area contributed by atoms with Crippen LogP contribution in [0, 0.1) is 0 Å². The van der Waals surface area contributed by atoms with E-state index in [4.69, 9.17) is 10.3 Å². The number of hydrogen-bond donors (Lipinski definition) is 3. The maximum atomic E-state index is 9.51. The molecule has 4 heteroatoms. The van der Waals surface area contributed by atoms with Gasteiger partial charge in [-0.3, -0.25) is 0 Å². The predicted molar refractivity (Wildman–Crippen MR) is 48.0 cm³/mol. The fourth-order valence-corrected chi connectivity index (χ4v) is 0.991. The molecule has 0 aliphatic rings. The van der Waals surface area contributed by atoms with Crippen LogP contribution in [0.1, 0.15) is 18.6 Å². The Labute approximate surface area is 75.8 Å². The van der Waals surface area contributed by atoms with E-state index in [0.29, 0.717) is 5.56 Å². The zero-order valence-corrected chi connectivity index (χ0v) is 7.18. The van der Waals surface area contributed by atoms with Crippen LogP contribution in [-0.2, 0) is 0 Å². The summed E-state index contributed by atoms with van der Waals surface area (Å²) < 4.78 is 0. The van der Waals surface area contributed by atoms with E-state index in [0.717, 1.165) is 0 Å². The van der Waals surface area contributed by atoms with Gasteiger partial charge in [-0.15, -0.1) is 0 Å². The lowest BCUT2D eigenvalue weighted by Gasteiger charge is -2.08. The first-order chi connectivity index (χ1) is 6.15. The molecule has 0 bridgehead atoms. The summed E-state index contributed by atoms with van der Waals surface area (Å²) in [5.74, 6) is 0.0716. The summed E-state index contributed by atoms with van der Waals surface area (Å²) in [6.07, 6.45) is -0.975. The number of nitrogens with zero attached hydrogens (tertiary/aromatic N) is 1. The van der Waals surface area contributed by atoms with E-state index in [1.54, 1.807) is 12.1 Å². The van der Waals surface area contributed by atoms with E-state index >= 15 is 0 Å². The zero-order valence-electron chi connectivity index (χ0n) is 7.18. The second-order valence-electron chi connectivity index (χ2n) is 2.74. The molecule has 1 unspecified atom stereocenters. The van der Waals surface area contributed by atoms with Gasteiger partial charge in [0.2, 0.25) is 0 Å². The number of phenols is 1. The lowest BCUT2D eigenvalue weighted by atomic mass is 10.1. The molecule has 0 aromatic heterocycles. The largest absolute Gasteiger partial charge is 0.508 e. The molecule has 0 aliphatic heterocycles. The molecule has 1 atom stereocenters. The molecule has 0 fully saturated rings. The summed E-state index contributed by atoms with van der Waals surface area (Å²) in [6.45, 7) is 1.49. The highest BCUT2D eigenvalue weighted by molar-refractivity contribution is 5.86. The number of aromatic hydroxyl groups is 1. The molecule has 0 heterocycles. The highest BCUT2D eigenvalue weighted by Crippen LogP contribution is 2.18. The second kappa shape index (κ2) is 3.91. The van der Waals surface area contributed by atoms with Crippen molar-refractivity contribution in [2.45, 2.75) is 13.0 Å². The van der Waals surface area contributed by atoms with Crippen molar-refractivity contribution in [1.82, 2.24) is 0 Å². The van der Waals surface area contributed by atoms with E-state index in [9.17, 15) is 5.11 Å². The Kier molecular flexibility index (Phi) is 2.87. The van der Waals surface area contributed by atoms with Crippen molar-refractivity contribution in [2.75, 3.05) is 0 Å². The third-order valence-corrected chi connectivity index (χ3v) is 1.74. The first kappa shape index (κ1) is 9.54. The van der Waals surface area contributed by atoms with Crippen LogP contribution in [0.2, 0.25) is 0 Å². The van der Waals surface area contributed by atoms with Crippen LogP contribution in [0.15, 0.2) is 29.4 Å². The number of oxime groups is 1. The van der Waals surface area contributed by atoms with Gasteiger partial charge >= 0.3 is 0 Å². The molecule has 0 saturated heterocycles. The van der Waals surface area contributed by atoms with E-state index in [1.807, 2.05) is 0 Å². The van der Waals surface area contributed by atoms with Crippen molar-refractivity contribution in [3.63, 3.8) is 0 Å². The summed E-state index contributed by atoms with van der Waals surface area (Å²) >= 11 is 0. The van der Waals surface area contributed by atoms with Gasteiger partial charge in [-0.1, -0.05) is 17.3 Å². The Bertz CT molecular complexity index is 322. The van der Waals surface area contributed by atoms with Gasteiger partial charge < -0.3 is 15.4 Å². The van der Waals surface area contributed by atoms with Crippen molar-refractivity contribution in [3.8, 4) is 5.75 Å². The fourth-order valence-electron chi connectivity index (χ4n) is 0.991. The van der Waals surface area contributed by atoms with Crippen molar-refractivity contribution in [1.29, 1.82) is 0 Å². The van der Waals surface area contributed by atoms with Gasteiger partial charge in [-0.2, -0.15) is 0 Å². The maximum absolute atomic E-state index is 9.51. The van der Waals surface area contributed by atoms with Gasteiger partial charge in [-0.05, 0) is 24.6 Å². The zero-order chi connectivity index (χ0) is 9.84. The molecule has 3 N–H and O–H groups in total. The maximum Gasteiger partial charge on any atom is 0.120 e. The Morgan fingerprint density at radius 1 is 1.46 bits per heavy atom. The lowest BCUT2D eigenvalue weighted by molar-refractivity contribution is 0.233. The number of benzene rings is 1. The van der Waals surface area contributed by atoms with Crippen LogP contribution >= 0.6 is 0 Å². The van der Waals surface area contributed by atoms with Crippen molar-refractivity contribution in [3.05, 3.63) is 29.8 Å². The SMILES string of the molecule is C/C(=N/O)C(O)c1cccc(O)c1. The van der Waals surface area contributed by atoms with E-state index < -0.39 is 6.10 Å². The molecule has 0 radical (unpaired) electrons. The quantitative estimate of drug-likeness (QED) is 0.365. The highest BCUT2D eigenvalue weighted by atomic mass is 16.4. The second-order valence-corrected chi connectivity index (χ2v) is 2.74. The van der Waals surface area contributed by atoms with Crippen LogP contribution in [-0.4, -0.2) is 21.1 Å². The molecule has 70 valence electrons. The Hall–Kier alpha value is -1.55. The summed E-state index contributed by atoms with van der Waals surface area (Å²) in [4.78, 5) is 0. The fraction of sp³-hybridized carbons (Fsp3) is 0.222. The third-order valence-electron chi connectivity index (χ3n) is 1.74. The number of hydrogen-bond acceptors (Lipinski definition) is 4. The van der Waals surface area contributed by atoms with Crippen LogP contribution in [0.4, 0.5) is 0 Å². The molecule has 0 amide bonds. The standard InChI is InChI=1S/C9H11NO3/c1-6(10-13)9(12)7-3-2-4-8(11)5-7/h2-5,9,11-13H,1H3/b10-6-. The van der Waals surface area contributed by atoms with Crippen LogP contribution in [0.3, 0.4) is 0 Å². The van der Waals surface area contributed by atoms with Crippen LogP contribution < -0.4 is 0 Å². The number of phenolic OH excluding ortho intramolecular Hbond substituents is 1. The summed E-state index contributed by atoms with van der Waals surface area (Å²) in [6, 6.07) is 6.17. The molecule has 0 saturated carbocycles.